The van der Waals surface area contributed by atoms with E-state index in [0.717, 1.165) is 44.9 Å². The summed E-state index contributed by atoms with van der Waals surface area (Å²) in [7, 11) is 1.18. The zero-order valence-corrected chi connectivity index (χ0v) is 38.6. The lowest BCUT2D eigenvalue weighted by Gasteiger charge is -2.29. The predicted molar refractivity (Wildman–Crippen MR) is 246 cm³/mol. The van der Waals surface area contributed by atoms with Crippen molar-refractivity contribution >= 4 is 13.7 Å². The molecular weight excluding hydrogens is 744 g/mol. The molecule has 334 valence electrons. The highest BCUT2D eigenvalue weighted by molar-refractivity contribution is 7.45. The minimum absolute atomic E-state index is 0.0259. The number of aliphatic hydroxyl groups excluding tert-OH is 1. The monoisotopic (exact) mass is 831 g/mol. The number of hydrogen-bond acceptors (Lipinski definition) is 6. The number of nitrogens with zero attached hydrogens (tertiary/aromatic N) is 1. The average molecular weight is 831 g/mol. The van der Waals surface area contributed by atoms with Gasteiger partial charge in [0.25, 0.3) is 7.82 Å². The Morgan fingerprint density at radius 3 is 1.59 bits per heavy atom. The molecule has 3 unspecified atom stereocenters. The van der Waals surface area contributed by atoms with Gasteiger partial charge in [-0.15, -0.1) is 0 Å². The van der Waals surface area contributed by atoms with Gasteiger partial charge in [0.2, 0.25) is 5.91 Å². The normalized spacial score (nSPS) is 15.1. The van der Waals surface area contributed by atoms with E-state index in [2.05, 4.69) is 79.9 Å². The highest BCUT2D eigenvalue weighted by atomic mass is 31.2. The number of quaternary nitrogens is 1. The van der Waals surface area contributed by atoms with Crippen LogP contribution in [-0.4, -0.2) is 68.5 Å². The lowest BCUT2D eigenvalue weighted by molar-refractivity contribution is -0.870. The van der Waals surface area contributed by atoms with Crippen molar-refractivity contribution < 1.29 is 32.9 Å². The number of phosphoric ester groups is 1. The van der Waals surface area contributed by atoms with E-state index in [1.54, 1.807) is 6.08 Å². The first kappa shape index (κ1) is 55.7. The summed E-state index contributed by atoms with van der Waals surface area (Å²) in [4.78, 5) is 25.2. The van der Waals surface area contributed by atoms with Crippen molar-refractivity contribution in [2.24, 2.45) is 0 Å². The van der Waals surface area contributed by atoms with Gasteiger partial charge in [0.15, 0.2) is 0 Å². The zero-order chi connectivity index (χ0) is 42.8. The molecule has 0 aromatic carbocycles. The third kappa shape index (κ3) is 41.8. The zero-order valence-electron chi connectivity index (χ0n) is 37.7. The molecule has 3 atom stereocenters. The van der Waals surface area contributed by atoms with E-state index >= 15 is 0 Å². The van der Waals surface area contributed by atoms with Crippen molar-refractivity contribution in [3.63, 3.8) is 0 Å². The van der Waals surface area contributed by atoms with Gasteiger partial charge in [0.1, 0.15) is 13.2 Å². The van der Waals surface area contributed by atoms with E-state index in [-0.39, 0.29) is 18.9 Å². The standard InChI is InChI=1S/C49H87N2O6P/c1-6-8-10-12-14-16-18-20-21-22-23-24-25-26-27-28-29-31-32-34-36-38-40-42-48(52)47(46-57-58(54,55)56-45-44-51(3,4)5)50-49(53)43-41-39-37-35-33-30-19-17-15-13-11-9-7-2/h9,11,15,17,27-28,30,32-34,37,39-40,42,47-48,52H,6-8,10,12-14,16,18-26,29,31,35-36,38,41,43-46H2,1-5H3,(H-,50,53,54,55)/b11-9-,17-15-,28-27+,33-30-,34-32+,39-37-,42-40+. The third-order valence-electron chi connectivity index (χ3n) is 9.58. The van der Waals surface area contributed by atoms with Crippen LogP contribution in [0.25, 0.3) is 0 Å². The molecule has 8 nitrogen and oxygen atoms in total. The van der Waals surface area contributed by atoms with Crippen LogP contribution >= 0.6 is 7.82 Å². The maximum Gasteiger partial charge on any atom is 0.268 e. The Labute approximate surface area is 356 Å². The highest BCUT2D eigenvalue weighted by Gasteiger charge is 2.23. The molecule has 0 spiro atoms. The maximum atomic E-state index is 12.8. The average Bonchev–Trinajstić information content (AvgIpc) is 3.17. The van der Waals surface area contributed by atoms with Gasteiger partial charge in [0, 0.05) is 6.42 Å². The highest BCUT2D eigenvalue weighted by Crippen LogP contribution is 2.38. The molecule has 0 rings (SSSR count). The van der Waals surface area contributed by atoms with E-state index in [9.17, 15) is 19.4 Å². The number of unbranched alkanes of at least 4 members (excludes halogenated alkanes) is 15. The topological polar surface area (TPSA) is 108 Å². The summed E-state index contributed by atoms with van der Waals surface area (Å²) >= 11 is 0. The largest absolute Gasteiger partial charge is 0.756 e. The molecular formula is C49H87N2O6P. The smallest absolute Gasteiger partial charge is 0.268 e. The number of phosphoric acid groups is 1. The molecule has 0 radical (unpaired) electrons. The Morgan fingerprint density at radius 2 is 1.07 bits per heavy atom. The van der Waals surface area contributed by atoms with Gasteiger partial charge in [-0.25, -0.2) is 0 Å². The molecule has 1 amide bonds. The number of amides is 1. The lowest BCUT2D eigenvalue weighted by atomic mass is 10.0. The molecule has 0 fully saturated rings. The van der Waals surface area contributed by atoms with Gasteiger partial charge in [-0.1, -0.05) is 176 Å². The number of carbonyl (C=O) groups is 1. The summed E-state index contributed by atoms with van der Waals surface area (Å²) in [6, 6.07) is -0.951. The van der Waals surface area contributed by atoms with Crippen molar-refractivity contribution in [2.45, 2.75) is 180 Å². The Kier molecular flexibility index (Phi) is 38.5. The molecule has 0 bridgehead atoms. The summed E-state index contributed by atoms with van der Waals surface area (Å²) < 4.78 is 23.1. The first-order valence-corrected chi connectivity index (χ1v) is 24.4. The number of hydrogen-bond donors (Lipinski definition) is 2. The van der Waals surface area contributed by atoms with Crippen LogP contribution < -0.4 is 10.2 Å². The number of nitrogens with one attached hydrogen (secondary N) is 1. The van der Waals surface area contributed by atoms with Crippen LogP contribution in [0.5, 0.6) is 0 Å². The summed E-state index contributed by atoms with van der Waals surface area (Å²) in [5, 5.41) is 13.7. The molecule has 0 aromatic heterocycles. The Bertz CT molecular complexity index is 1220. The summed E-state index contributed by atoms with van der Waals surface area (Å²) in [6.45, 7) is 4.42. The predicted octanol–water partition coefficient (Wildman–Crippen LogP) is 12.3. The number of aliphatic hydroxyl groups is 1. The van der Waals surface area contributed by atoms with Crippen LogP contribution in [0.1, 0.15) is 168 Å². The number of allylic oxidation sites excluding steroid dienone is 13. The minimum Gasteiger partial charge on any atom is -0.756 e. The van der Waals surface area contributed by atoms with E-state index in [0.29, 0.717) is 23.9 Å². The number of rotatable bonds is 40. The van der Waals surface area contributed by atoms with Crippen molar-refractivity contribution in [3.05, 3.63) is 85.1 Å². The van der Waals surface area contributed by atoms with Gasteiger partial charge in [0.05, 0.1) is 39.9 Å². The molecule has 58 heavy (non-hydrogen) atoms. The van der Waals surface area contributed by atoms with Crippen molar-refractivity contribution in [1.82, 2.24) is 5.32 Å². The van der Waals surface area contributed by atoms with Crippen LogP contribution in [0, 0.1) is 0 Å². The second-order valence-electron chi connectivity index (χ2n) is 16.4. The van der Waals surface area contributed by atoms with Crippen LogP contribution in [0.15, 0.2) is 85.1 Å². The van der Waals surface area contributed by atoms with Gasteiger partial charge in [-0.05, 0) is 70.6 Å². The quantitative estimate of drug-likeness (QED) is 0.0276. The molecule has 0 aliphatic carbocycles. The lowest BCUT2D eigenvalue weighted by Crippen LogP contribution is -2.45. The SMILES string of the molecule is CC/C=C\C/C=C\C/C=C\C/C=C\CCC(=O)NC(COP(=O)([O-])OCC[N+](C)(C)C)C(O)/C=C/CC/C=C/CC/C=C/CCCCCCCCCCCCCCC. The van der Waals surface area contributed by atoms with Crippen molar-refractivity contribution in [1.29, 1.82) is 0 Å². The fourth-order valence-electron chi connectivity index (χ4n) is 5.96. The summed E-state index contributed by atoms with van der Waals surface area (Å²) in [6.07, 6.45) is 55.3. The molecule has 9 heteroatoms. The van der Waals surface area contributed by atoms with Gasteiger partial charge in [-0.2, -0.15) is 0 Å². The molecule has 0 aliphatic heterocycles. The van der Waals surface area contributed by atoms with Crippen LogP contribution in [0.2, 0.25) is 0 Å². The molecule has 0 aliphatic rings. The van der Waals surface area contributed by atoms with Crippen LogP contribution in [0.4, 0.5) is 0 Å². The fraction of sp³-hybridized carbons (Fsp3) is 0.694. The van der Waals surface area contributed by atoms with Gasteiger partial charge >= 0.3 is 0 Å². The fourth-order valence-corrected chi connectivity index (χ4v) is 6.68. The molecule has 0 aromatic rings. The van der Waals surface area contributed by atoms with E-state index < -0.39 is 26.6 Å². The Hall–Kier alpha value is -2.32. The first-order valence-electron chi connectivity index (χ1n) is 22.9. The summed E-state index contributed by atoms with van der Waals surface area (Å²) in [5.74, 6) is -0.295. The Balaban J connectivity index is 4.52. The third-order valence-corrected chi connectivity index (χ3v) is 10.5. The first-order chi connectivity index (χ1) is 28.0. The van der Waals surface area contributed by atoms with Crippen LogP contribution in [-0.2, 0) is 18.4 Å². The van der Waals surface area contributed by atoms with Gasteiger partial charge < -0.3 is 28.8 Å². The van der Waals surface area contributed by atoms with E-state index in [1.165, 1.54) is 89.9 Å². The maximum absolute atomic E-state index is 12.8. The minimum atomic E-state index is -4.62. The van der Waals surface area contributed by atoms with Crippen molar-refractivity contribution in [3.8, 4) is 0 Å². The Morgan fingerprint density at radius 1 is 0.621 bits per heavy atom. The second kappa shape index (κ2) is 40.1. The van der Waals surface area contributed by atoms with Gasteiger partial charge in [-0.3, -0.25) is 9.36 Å². The molecule has 0 heterocycles. The van der Waals surface area contributed by atoms with E-state index in [4.69, 9.17) is 9.05 Å². The number of likely N-dealkylation sites (N-methyl/N-ethyl adjacent to an activating group) is 1. The molecule has 0 saturated carbocycles. The van der Waals surface area contributed by atoms with Crippen molar-refractivity contribution in [2.75, 3.05) is 40.9 Å². The summed E-state index contributed by atoms with van der Waals surface area (Å²) in [5.41, 5.74) is 0. The molecule has 0 saturated heterocycles. The number of carbonyl (C=O) groups excluding carboxylic acids is 1. The molecule has 2 N–H and O–H groups in total. The van der Waals surface area contributed by atoms with E-state index in [1.807, 2.05) is 39.4 Å². The second-order valence-corrected chi connectivity index (χ2v) is 17.8. The van der Waals surface area contributed by atoms with Crippen LogP contribution in [0.3, 0.4) is 0 Å².